The Morgan fingerprint density at radius 2 is 1.79 bits per heavy atom. The van der Waals surface area contributed by atoms with Crippen LogP contribution < -0.4 is 0 Å². The second kappa shape index (κ2) is 6.28. The van der Waals surface area contributed by atoms with Gasteiger partial charge in [-0.1, -0.05) is 35.5 Å². The highest BCUT2D eigenvalue weighted by Crippen LogP contribution is 2.25. The maximum absolute atomic E-state index is 12.5. The Morgan fingerprint density at radius 3 is 2.58 bits per heavy atom. The Balaban J connectivity index is 1.62. The molecule has 1 fully saturated rings. The average molecular weight is 319 g/mol. The van der Waals surface area contributed by atoms with Crippen LogP contribution in [-0.2, 0) is 0 Å². The number of amides is 1. The molecule has 1 aromatic carbocycles. The van der Waals surface area contributed by atoms with Crippen LogP contribution in [0.4, 0.5) is 0 Å². The van der Waals surface area contributed by atoms with Crippen molar-refractivity contribution < 1.29 is 9.32 Å². The zero-order valence-corrected chi connectivity index (χ0v) is 13.2. The van der Waals surface area contributed by atoms with Gasteiger partial charge in [-0.05, 0) is 25.0 Å². The number of carbonyl (C=O) groups excluding carboxylic acids is 1. The molecule has 1 amide bonds. The lowest BCUT2D eigenvalue weighted by Crippen LogP contribution is -2.27. The van der Waals surface area contributed by atoms with E-state index in [1.807, 2.05) is 41.3 Å². The molecule has 120 valence electrons. The molecule has 1 saturated heterocycles. The number of hydrogen-bond donors (Lipinski definition) is 0. The Morgan fingerprint density at radius 1 is 1.00 bits per heavy atom. The monoisotopic (exact) mass is 319 g/mol. The predicted molar refractivity (Wildman–Crippen MR) is 90.3 cm³/mol. The van der Waals surface area contributed by atoms with Gasteiger partial charge in [-0.2, -0.15) is 0 Å². The van der Waals surface area contributed by atoms with Crippen molar-refractivity contribution in [2.24, 2.45) is 0 Å². The third kappa shape index (κ3) is 2.80. The van der Waals surface area contributed by atoms with Gasteiger partial charge in [-0.3, -0.25) is 9.78 Å². The molecule has 2 aromatic heterocycles. The minimum absolute atomic E-state index is 0.0546. The van der Waals surface area contributed by atoms with E-state index >= 15 is 0 Å². The van der Waals surface area contributed by atoms with Crippen molar-refractivity contribution >= 4 is 5.91 Å². The molecule has 24 heavy (non-hydrogen) atoms. The lowest BCUT2D eigenvalue weighted by Gasteiger charge is -2.15. The predicted octanol–water partition coefficient (Wildman–Crippen LogP) is 3.64. The number of pyridine rings is 1. The van der Waals surface area contributed by atoms with E-state index in [-0.39, 0.29) is 5.91 Å². The molecular formula is C19H17N3O2. The maximum Gasteiger partial charge on any atom is 0.253 e. The summed E-state index contributed by atoms with van der Waals surface area (Å²) in [5, 5.41) is 4.10. The number of rotatable bonds is 3. The highest BCUT2D eigenvalue weighted by molar-refractivity contribution is 5.95. The zero-order chi connectivity index (χ0) is 16.4. The number of benzene rings is 1. The molecule has 3 aromatic rings. The van der Waals surface area contributed by atoms with E-state index in [2.05, 4.69) is 10.1 Å². The minimum atomic E-state index is 0.0546. The van der Waals surface area contributed by atoms with E-state index in [9.17, 15) is 4.79 Å². The van der Waals surface area contributed by atoms with Crippen molar-refractivity contribution in [3.8, 4) is 22.7 Å². The fraction of sp³-hybridized carbons (Fsp3) is 0.211. The number of nitrogens with zero attached hydrogens (tertiary/aromatic N) is 3. The van der Waals surface area contributed by atoms with Crippen LogP contribution in [0.5, 0.6) is 0 Å². The molecule has 5 nitrogen and oxygen atoms in total. The third-order valence-corrected chi connectivity index (χ3v) is 4.23. The fourth-order valence-electron chi connectivity index (χ4n) is 2.94. The number of aromatic nitrogens is 2. The molecule has 0 bridgehead atoms. The van der Waals surface area contributed by atoms with Gasteiger partial charge in [0.2, 0.25) is 0 Å². The summed E-state index contributed by atoms with van der Waals surface area (Å²) in [6.45, 7) is 1.66. The summed E-state index contributed by atoms with van der Waals surface area (Å²) in [6.07, 6.45) is 3.79. The normalized spacial score (nSPS) is 14.1. The summed E-state index contributed by atoms with van der Waals surface area (Å²) < 4.78 is 5.43. The van der Waals surface area contributed by atoms with E-state index < -0.39 is 0 Å². The van der Waals surface area contributed by atoms with Gasteiger partial charge in [0.05, 0.1) is 0 Å². The van der Waals surface area contributed by atoms with Crippen LogP contribution in [-0.4, -0.2) is 34.0 Å². The van der Waals surface area contributed by atoms with Gasteiger partial charge < -0.3 is 9.42 Å². The average Bonchev–Trinajstić information content (AvgIpc) is 3.34. The first-order valence-electron chi connectivity index (χ1n) is 8.09. The number of likely N-dealkylation sites (tertiary alicyclic amines) is 1. The molecule has 0 spiro atoms. The molecular weight excluding hydrogens is 302 g/mol. The lowest BCUT2D eigenvalue weighted by atomic mass is 10.1. The van der Waals surface area contributed by atoms with Crippen molar-refractivity contribution in [2.75, 3.05) is 13.1 Å². The summed E-state index contributed by atoms with van der Waals surface area (Å²) in [5.74, 6) is 0.615. The summed E-state index contributed by atoms with van der Waals surface area (Å²) in [7, 11) is 0. The lowest BCUT2D eigenvalue weighted by molar-refractivity contribution is 0.0792. The highest BCUT2D eigenvalue weighted by atomic mass is 16.5. The van der Waals surface area contributed by atoms with E-state index in [0.717, 1.165) is 37.2 Å². The molecule has 4 rings (SSSR count). The molecule has 0 atom stereocenters. The van der Waals surface area contributed by atoms with E-state index in [1.54, 1.807) is 18.3 Å². The van der Waals surface area contributed by atoms with Crippen LogP contribution in [0.25, 0.3) is 22.7 Å². The smallest absolute Gasteiger partial charge is 0.253 e. The van der Waals surface area contributed by atoms with Gasteiger partial charge in [0, 0.05) is 36.5 Å². The number of carbonyl (C=O) groups is 1. The highest BCUT2D eigenvalue weighted by Gasteiger charge is 2.20. The van der Waals surface area contributed by atoms with Gasteiger partial charge in [0.25, 0.3) is 5.91 Å². The van der Waals surface area contributed by atoms with Crippen LogP contribution in [0.2, 0.25) is 0 Å². The Bertz CT molecular complexity index is 852. The first-order chi connectivity index (χ1) is 11.8. The summed E-state index contributed by atoms with van der Waals surface area (Å²) in [5.41, 5.74) is 3.00. The Kier molecular flexibility index (Phi) is 3.83. The van der Waals surface area contributed by atoms with Crippen LogP contribution in [0.1, 0.15) is 23.2 Å². The van der Waals surface area contributed by atoms with Gasteiger partial charge in [-0.25, -0.2) is 0 Å². The van der Waals surface area contributed by atoms with Crippen molar-refractivity contribution in [1.82, 2.24) is 15.0 Å². The van der Waals surface area contributed by atoms with Crippen molar-refractivity contribution in [2.45, 2.75) is 12.8 Å². The number of hydrogen-bond acceptors (Lipinski definition) is 4. The molecule has 0 aliphatic carbocycles. The van der Waals surface area contributed by atoms with Crippen LogP contribution in [0.15, 0.2) is 59.3 Å². The van der Waals surface area contributed by atoms with Gasteiger partial charge in [0.1, 0.15) is 11.4 Å². The second-order valence-electron chi connectivity index (χ2n) is 5.87. The topological polar surface area (TPSA) is 59.2 Å². The van der Waals surface area contributed by atoms with E-state index in [4.69, 9.17) is 4.52 Å². The zero-order valence-electron chi connectivity index (χ0n) is 13.2. The fourth-order valence-corrected chi connectivity index (χ4v) is 2.94. The molecule has 0 saturated carbocycles. The summed E-state index contributed by atoms with van der Waals surface area (Å²) in [4.78, 5) is 18.7. The minimum Gasteiger partial charge on any atom is -0.354 e. The maximum atomic E-state index is 12.5. The van der Waals surface area contributed by atoms with Crippen LogP contribution in [0, 0.1) is 0 Å². The quantitative estimate of drug-likeness (QED) is 0.739. The molecule has 1 aliphatic heterocycles. The van der Waals surface area contributed by atoms with Crippen molar-refractivity contribution in [1.29, 1.82) is 0 Å². The molecule has 5 heteroatoms. The third-order valence-electron chi connectivity index (χ3n) is 4.23. The SMILES string of the molecule is O=C(c1ccnc(-c2cc(-c3ccccc3)no2)c1)N1CCCC1. The largest absolute Gasteiger partial charge is 0.354 e. The van der Waals surface area contributed by atoms with Gasteiger partial charge in [0.15, 0.2) is 5.76 Å². The van der Waals surface area contributed by atoms with E-state index in [0.29, 0.717) is 17.0 Å². The van der Waals surface area contributed by atoms with Gasteiger partial charge >= 0.3 is 0 Å². The Labute approximate surface area is 139 Å². The summed E-state index contributed by atoms with van der Waals surface area (Å²) in [6, 6.07) is 15.2. The van der Waals surface area contributed by atoms with Gasteiger partial charge in [-0.15, -0.1) is 0 Å². The first kappa shape index (κ1) is 14.6. The Hall–Kier alpha value is -2.95. The van der Waals surface area contributed by atoms with Crippen molar-refractivity contribution in [3.63, 3.8) is 0 Å². The van der Waals surface area contributed by atoms with E-state index in [1.165, 1.54) is 0 Å². The second-order valence-corrected chi connectivity index (χ2v) is 5.87. The molecule has 0 radical (unpaired) electrons. The van der Waals surface area contributed by atoms with Crippen LogP contribution in [0.3, 0.4) is 0 Å². The molecule has 0 N–H and O–H groups in total. The van der Waals surface area contributed by atoms with Crippen molar-refractivity contribution in [3.05, 3.63) is 60.3 Å². The van der Waals surface area contributed by atoms with Crippen LogP contribution >= 0.6 is 0 Å². The first-order valence-corrected chi connectivity index (χ1v) is 8.09. The molecule has 3 heterocycles. The standard InChI is InChI=1S/C19H17N3O2/c23-19(22-10-4-5-11-22)15-8-9-20-17(12-15)18-13-16(21-24-18)14-6-2-1-3-7-14/h1-3,6-9,12-13H,4-5,10-11H2. The molecule has 1 aliphatic rings. The summed E-state index contributed by atoms with van der Waals surface area (Å²) >= 11 is 0. The molecule has 0 unspecified atom stereocenters.